The number of carbonyl (C=O) groups excluding carboxylic acids is 2. The highest BCUT2D eigenvalue weighted by Crippen LogP contribution is 2.29. The Hall–Kier alpha value is -3.72. The summed E-state index contributed by atoms with van der Waals surface area (Å²) in [5, 5.41) is 12.9. The molecule has 0 aromatic heterocycles. The van der Waals surface area contributed by atoms with E-state index in [1.807, 2.05) is 57.4 Å². The second-order valence-corrected chi connectivity index (χ2v) is 12.4. The summed E-state index contributed by atoms with van der Waals surface area (Å²) in [5.74, 6) is 0.547. The van der Waals surface area contributed by atoms with Crippen LogP contribution in [0.5, 0.6) is 5.75 Å². The maximum absolute atomic E-state index is 13.5. The van der Waals surface area contributed by atoms with E-state index in [1.165, 1.54) is 16.7 Å². The third kappa shape index (κ3) is 9.39. The van der Waals surface area contributed by atoms with Gasteiger partial charge in [0.25, 0.3) is 0 Å². The maximum Gasteiger partial charge on any atom is 0.227 e. The molecule has 8 nitrogen and oxygen atoms in total. The highest BCUT2D eigenvalue weighted by molar-refractivity contribution is 5.91. The van der Waals surface area contributed by atoms with Gasteiger partial charge in [-0.2, -0.15) is 0 Å². The molecule has 4 rings (SSSR count). The number of hydrogen-bond acceptors (Lipinski definition) is 6. The number of carbonyl (C=O) groups is 2. The lowest BCUT2D eigenvalue weighted by atomic mass is 10.0. The first kappa shape index (κ1) is 33.2. The third-order valence-electron chi connectivity index (χ3n) is 8.21. The Balaban J connectivity index is 1.50. The summed E-state index contributed by atoms with van der Waals surface area (Å²) >= 11 is 0. The minimum atomic E-state index is -0.312. The monoisotopic (exact) mass is 600 g/mol. The number of fused-ring (bicyclic) bond motifs is 1. The van der Waals surface area contributed by atoms with Gasteiger partial charge in [0.1, 0.15) is 11.9 Å². The largest absolute Gasteiger partial charge is 0.488 e. The fraction of sp³-hybridized carbons (Fsp3) is 0.444. The third-order valence-corrected chi connectivity index (χ3v) is 8.21. The van der Waals surface area contributed by atoms with Gasteiger partial charge < -0.3 is 25.0 Å². The molecule has 2 N–H and O–H groups in total. The van der Waals surface area contributed by atoms with Crippen molar-refractivity contribution in [3.63, 3.8) is 0 Å². The average Bonchev–Trinajstić information content (AvgIpc) is 3.04. The average molecular weight is 601 g/mol. The summed E-state index contributed by atoms with van der Waals surface area (Å²) in [4.78, 5) is 32.2. The molecule has 1 aliphatic heterocycles. The SMILES string of the molecule is C[C@@H]1CN([C@H](C)CO)C(=O)Cc2cc(NC(=O)CCCN(C)C)ccc2O[C@@H]1CN(C)Cc1ccc(-c2ccccc2)cc1. The number of nitrogens with one attached hydrogen (secondary N) is 1. The first-order chi connectivity index (χ1) is 21.1. The molecule has 0 spiro atoms. The van der Waals surface area contributed by atoms with E-state index in [9.17, 15) is 14.7 Å². The van der Waals surface area contributed by atoms with Crippen LogP contribution in [-0.2, 0) is 22.6 Å². The number of aliphatic hydroxyl groups is 1. The Morgan fingerprint density at radius 3 is 2.43 bits per heavy atom. The van der Waals surface area contributed by atoms with Crippen molar-refractivity contribution in [1.29, 1.82) is 0 Å². The number of nitrogens with zero attached hydrogens (tertiary/aromatic N) is 3. The van der Waals surface area contributed by atoms with Crippen molar-refractivity contribution in [3.05, 3.63) is 83.9 Å². The van der Waals surface area contributed by atoms with Gasteiger partial charge in [-0.25, -0.2) is 0 Å². The Bertz CT molecular complexity index is 1360. The Morgan fingerprint density at radius 1 is 1.05 bits per heavy atom. The normalized spacial score (nSPS) is 17.8. The van der Waals surface area contributed by atoms with E-state index in [0.29, 0.717) is 30.9 Å². The van der Waals surface area contributed by atoms with Crippen molar-refractivity contribution < 1.29 is 19.4 Å². The number of ether oxygens (including phenoxy) is 1. The summed E-state index contributed by atoms with van der Waals surface area (Å²) in [6, 6.07) is 24.3. The minimum absolute atomic E-state index is 0.0119. The molecule has 1 heterocycles. The van der Waals surface area contributed by atoms with Crippen molar-refractivity contribution >= 4 is 17.5 Å². The van der Waals surface area contributed by atoms with E-state index in [4.69, 9.17) is 4.74 Å². The summed E-state index contributed by atoms with van der Waals surface area (Å²) in [5.41, 5.74) is 4.97. The Morgan fingerprint density at radius 2 is 1.75 bits per heavy atom. The molecule has 0 fully saturated rings. The molecule has 0 bridgehead atoms. The van der Waals surface area contributed by atoms with Crippen LogP contribution in [-0.4, -0.2) is 91.2 Å². The van der Waals surface area contributed by atoms with Crippen LogP contribution in [0, 0.1) is 5.92 Å². The van der Waals surface area contributed by atoms with Crippen LogP contribution in [0.15, 0.2) is 72.8 Å². The highest BCUT2D eigenvalue weighted by Gasteiger charge is 2.31. The summed E-state index contributed by atoms with van der Waals surface area (Å²) in [6.45, 7) is 6.59. The van der Waals surface area contributed by atoms with Crippen LogP contribution in [0.3, 0.4) is 0 Å². The molecular weight excluding hydrogens is 552 g/mol. The molecular formula is C36H48N4O4. The van der Waals surface area contributed by atoms with Gasteiger partial charge in [0.05, 0.1) is 19.1 Å². The van der Waals surface area contributed by atoms with Gasteiger partial charge in [0.15, 0.2) is 0 Å². The van der Waals surface area contributed by atoms with Gasteiger partial charge in [-0.05, 0) is 75.9 Å². The molecule has 0 aliphatic carbocycles. The van der Waals surface area contributed by atoms with Crippen LogP contribution < -0.4 is 10.1 Å². The lowest BCUT2D eigenvalue weighted by Gasteiger charge is -2.34. The lowest BCUT2D eigenvalue weighted by molar-refractivity contribution is -0.134. The number of benzene rings is 3. The van der Waals surface area contributed by atoms with Crippen LogP contribution >= 0.6 is 0 Å². The summed E-state index contributed by atoms with van der Waals surface area (Å²) < 4.78 is 6.67. The van der Waals surface area contributed by atoms with Gasteiger partial charge in [-0.1, -0.05) is 61.5 Å². The zero-order valence-corrected chi connectivity index (χ0v) is 26.8. The lowest BCUT2D eigenvalue weighted by Crippen LogP contribution is -2.47. The smallest absolute Gasteiger partial charge is 0.227 e. The predicted octanol–water partition coefficient (Wildman–Crippen LogP) is 4.91. The van der Waals surface area contributed by atoms with E-state index >= 15 is 0 Å². The van der Waals surface area contributed by atoms with Gasteiger partial charge in [0.2, 0.25) is 11.8 Å². The van der Waals surface area contributed by atoms with Crippen molar-refractivity contribution in [2.45, 2.75) is 51.8 Å². The molecule has 2 amide bonds. The fourth-order valence-corrected chi connectivity index (χ4v) is 5.62. The van der Waals surface area contributed by atoms with E-state index in [2.05, 4.69) is 65.5 Å². The first-order valence-corrected chi connectivity index (χ1v) is 15.6. The van der Waals surface area contributed by atoms with E-state index in [-0.39, 0.29) is 42.9 Å². The molecule has 8 heteroatoms. The number of likely N-dealkylation sites (N-methyl/N-ethyl adjacent to an activating group) is 1. The van der Waals surface area contributed by atoms with Crippen molar-refractivity contribution in [2.75, 3.05) is 52.7 Å². The van der Waals surface area contributed by atoms with Crippen molar-refractivity contribution in [2.24, 2.45) is 5.92 Å². The van der Waals surface area contributed by atoms with Crippen molar-refractivity contribution in [3.8, 4) is 16.9 Å². The number of rotatable bonds is 12. The number of anilines is 1. The fourth-order valence-electron chi connectivity index (χ4n) is 5.62. The van der Waals surface area contributed by atoms with Gasteiger partial charge in [-0.3, -0.25) is 14.5 Å². The number of aliphatic hydroxyl groups excluding tert-OH is 1. The summed E-state index contributed by atoms with van der Waals surface area (Å²) in [6.07, 6.45) is 1.12. The maximum atomic E-state index is 13.5. The van der Waals surface area contributed by atoms with Crippen LogP contribution in [0.2, 0.25) is 0 Å². The second-order valence-electron chi connectivity index (χ2n) is 12.4. The quantitative estimate of drug-likeness (QED) is 0.307. The predicted molar refractivity (Wildman–Crippen MR) is 177 cm³/mol. The topological polar surface area (TPSA) is 85.3 Å². The van der Waals surface area contributed by atoms with Crippen molar-refractivity contribution in [1.82, 2.24) is 14.7 Å². The highest BCUT2D eigenvalue weighted by atomic mass is 16.5. The number of amides is 2. The molecule has 1 aliphatic rings. The van der Waals surface area contributed by atoms with Crippen LogP contribution in [0.25, 0.3) is 11.1 Å². The first-order valence-electron chi connectivity index (χ1n) is 15.6. The minimum Gasteiger partial charge on any atom is -0.488 e. The Kier molecular flexibility index (Phi) is 11.9. The molecule has 236 valence electrons. The second kappa shape index (κ2) is 15.8. The van der Waals surface area contributed by atoms with E-state index in [0.717, 1.165) is 25.1 Å². The molecule has 0 saturated carbocycles. The van der Waals surface area contributed by atoms with E-state index in [1.54, 1.807) is 4.90 Å². The van der Waals surface area contributed by atoms with Gasteiger partial charge in [-0.15, -0.1) is 0 Å². The Labute approximate surface area is 262 Å². The molecule has 0 saturated heterocycles. The molecule has 44 heavy (non-hydrogen) atoms. The zero-order valence-electron chi connectivity index (χ0n) is 26.8. The molecule has 0 unspecified atom stereocenters. The van der Waals surface area contributed by atoms with E-state index < -0.39 is 0 Å². The van der Waals surface area contributed by atoms with Gasteiger partial charge in [0, 0.05) is 43.2 Å². The van der Waals surface area contributed by atoms with Crippen LogP contribution in [0.1, 0.15) is 37.8 Å². The molecule has 3 atom stereocenters. The summed E-state index contributed by atoms with van der Waals surface area (Å²) in [7, 11) is 6.06. The number of hydrogen-bond donors (Lipinski definition) is 2. The van der Waals surface area contributed by atoms with Crippen LogP contribution in [0.4, 0.5) is 5.69 Å². The molecule has 3 aromatic carbocycles. The molecule has 0 radical (unpaired) electrons. The standard InChI is InChI=1S/C36H48N4O4/c1-26-22-40(27(2)25-41)36(43)21-31-20-32(37-35(42)12-9-19-38(3)4)17-18-33(31)44-34(26)24-39(5)23-28-13-15-30(16-14-28)29-10-7-6-8-11-29/h6-8,10-11,13-18,20,26-27,34,41H,9,12,19,21-25H2,1-5H3,(H,37,42)/t26-,27-,34-/m1/s1. The van der Waals surface area contributed by atoms with Gasteiger partial charge >= 0.3 is 0 Å². The zero-order chi connectivity index (χ0) is 31.6. The molecule has 3 aromatic rings.